The number of rotatable bonds is 5. The Hall–Kier alpha value is -1.85. The minimum absolute atomic E-state index is 0.0695. The second-order valence-corrected chi connectivity index (χ2v) is 6.39. The zero-order valence-electron chi connectivity index (χ0n) is 12.2. The van der Waals surface area contributed by atoms with Crippen molar-refractivity contribution in [2.45, 2.75) is 25.3 Å². The van der Waals surface area contributed by atoms with Crippen LogP contribution in [0.4, 0.5) is 5.69 Å². The summed E-state index contributed by atoms with van der Waals surface area (Å²) in [5, 5.41) is 0. The Morgan fingerprint density at radius 3 is 2.33 bits per heavy atom. The Balaban J connectivity index is 2.25. The molecule has 0 atom stereocenters. The molecule has 0 aliphatic rings. The van der Waals surface area contributed by atoms with Crippen molar-refractivity contribution in [1.29, 1.82) is 0 Å². The number of anilines is 1. The average molecular weight is 305 g/mol. The first-order valence-electron chi connectivity index (χ1n) is 6.78. The minimum atomic E-state index is -4.16. The van der Waals surface area contributed by atoms with Crippen LogP contribution < -0.4 is 4.90 Å². The molecule has 2 rings (SSSR count). The average Bonchev–Trinajstić information content (AvgIpc) is 2.45. The first-order valence-corrected chi connectivity index (χ1v) is 8.22. The van der Waals surface area contributed by atoms with Gasteiger partial charge in [0.2, 0.25) is 0 Å². The van der Waals surface area contributed by atoms with Crippen LogP contribution in [0.5, 0.6) is 0 Å². The molecule has 5 heteroatoms. The van der Waals surface area contributed by atoms with Crippen molar-refractivity contribution in [2.24, 2.45) is 0 Å². The van der Waals surface area contributed by atoms with Crippen LogP contribution in [0.2, 0.25) is 0 Å². The zero-order chi connectivity index (χ0) is 15.5. The van der Waals surface area contributed by atoms with Gasteiger partial charge in [0.05, 0.1) is 4.90 Å². The van der Waals surface area contributed by atoms with Crippen LogP contribution in [0.25, 0.3) is 0 Å². The summed E-state index contributed by atoms with van der Waals surface area (Å²) in [6.45, 7) is 5.48. The molecule has 0 fully saturated rings. The number of hydrogen-bond acceptors (Lipinski definition) is 3. The van der Waals surface area contributed by atoms with Crippen LogP contribution in [0, 0.1) is 6.92 Å². The SMILES string of the molecule is CCN(Cc1cccc(S(=O)(=O)O)c1)c1ccc(C)cc1. The van der Waals surface area contributed by atoms with Gasteiger partial charge in [-0.2, -0.15) is 8.42 Å². The van der Waals surface area contributed by atoms with E-state index in [0.29, 0.717) is 6.54 Å². The van der Waals surface area contributed by atoms with Gasteiger partial charge in [-0.15, -0.1) is 0 Å². The molecule has 112 valence electrons. The fourth-order valence-electron chi connectivity index (χ4n) is 2.17. The fourth-order valence-corrected chi connectivity index (χ4v) is 2.72. The van der Waals surface area contributed by atoms with E-state index in [9.17, 15) is 8.42 Å². The molecule has 0 radical (unpaired) electrons. The molecule has 0 aromatic heterocycles. The normalized spacial score (nSPS) is 11.4. The summed E-state index contributed by atoms with van der Waals surface area (Å²) < 4.78 is 31.5. The Labute approximate surface area is 125 Å². The van der Waals surface area contributed by atoms with E-state index in [1.807, 2.05) is 44.2 Å². The van der Waals surface area contributed by atoms with E-state index in [0.717, 1.165) is 17.8 Å². The molecule has 0 saturated carbocycles. The molecule has 0 unspecified atom stereocenters. The van der Waals surface area contributed by atoms with Gasteiger partial charge in [0.1, 0.15) is 0 Å². The molecule has 0 bridgehead atoms. The first-order chi connectivity index (χ1) is 9.90. The largest absolute Gasteiger partial charge is 0.367 e. The van der Waals surface area contributed by atoms with Crippen molar-refractivity contribution in [3.05, 3.63) is 59.7 Å². The molecule has 2 aromatic rings. The van der Waals surface area contributed by atoms with Gasteiger partial charge in [-0.25, -0.2) is 0 Å². The van der Waals surface area contributed by atoms with Gasteiger partial charge in [0.25, 0.3) is 10.1 Å². The highest BCUT2D eigenvalue weighted by molar-refractivity contribution is 7.85. The Kier molecular flexibility index (Phi) is 4.65. The van der Waals surface area contributed by atoms with E-state index >= 15 is 0 Å². The zero-order valence-corrected chi connectivity index (χ0v) is 13.0. The second-order valence-electron chi connectivity index (χ2n) is 4.97. The first kappa shape index (κ1) is 15.5. The van der Waals surface area contributed by atoms with Crippen LogP contribution >= 0.6 is 0 Å². The summed E-state index contributed by atoms with van der Waals surface area (Å²) in [6, 6.07) is 14.6. The van der Waals surface area contributed by atoms with Gasteiger partial charge in [-0.05, 0) is 43.7 Å². The molecule has 0 aliphatic heterocycles. The molecular formula is C16H19NO3S. The minimum Gasteiger partial charge on any atom is -0.367 e. The summed E-state index contributed by atoms with van der Waals surface area (Å²) >= 11 is 0. The van der Waals surface area contributed by atoms with Crippen molar-refractivity contribution in [2.75, 3.05) is 11.4 Å². The van der Waals surface area contributed by atoms with Gasteiger partial charge in [-0.3, -0.25) is 4.55 Å². The molecule has 4 nitrogen and oxygen atoms in total. The highest BCUT2D eigenvalue weighted by Gasteiger charge is 2.11. The molecule has 1 N–H and O–H groups in total. The number of hydrogen-bond donors (Lipinski definition) is 1. The number of nitrogens with zero attached hydrogens (tertiary/aromatic N) is 1. The monoisotopic (exact) mass is 305 g/mol. The van der Waals surface area contributed by atoms with Crippen molar-refractivity contribution in [3.8, 4) is 0 Å². The maximum Gasteiger partial charge on any atom is 0.294 e. The summed E-state index contributed by atoms with van der Waals surface area (Å²) in [5.74, 6) is 0. The van der Waals surface area contributed by atoms with Crippen LogP contribution in [0.3, 0.4) is 0 Å². The third kappa shape index (κ3) is 4.06. The molecule has 2 aromatic carbocycles. The summed E-state index contributed by atoms with van der Waals surface area (Å²) in [6.07, 6.45) is 0. The predicted molar refractivity (Wildman–Crippen MR) is 84.2 cm³/mol. The van der Waals surface area contributed by atoms with E-state index < -0.39 is 10.1 Å². The molecule has 21 heavy (non-hydrogen) atoms. The Bertz CT molecular complexity index is 709. The lowest BCUT2D eigenvalue weighted by molar-refractivity contribution is 0.483. The second kappa shape index (κ2) is 6.28. The molecule has 0 spiro atoms. The van der Waals surface area contributed by atoms with Gasteiger partial charge < -0.3 is 4.90 Å². The van der Waals surface area contributed by atoms with Crippen LogP contribution in [0.1, 0.15) is 18.1 Å². The molecule has 0 amide bonds. The highest BCUT2D eigenvalue weighted by Crippen LogP contribution is 2.19. The van der Waals surface area contributed by atoms with E-state index in [4.69, 9.17) is 4.55 Å². The summed E-state index contributed by atoms with van der Waals surface area (Å²) in [7, 11) is -4.16. The van der Waals surface area contributed by atoms with E-state index in [2.05, 4.69) is 4.90 Å². The van der Waals surface area contributed by atoms with Gasteiger partial charge in [0.15, 0.2) is 0 Å². The van der Waals surface area contributed by atoms with E-state index in [-0.39, 0.29) is 4.90 Å². The van der Waals surface area contributed by atoms with Crippen molar-refractivity contribution in [1.82, 2.24) is 0 Å². The van der Waals surface area contributed by atoms with Crippen LogP contribution in [0.15, 0.2) is 53.4 Å². The molecule has 0 aliphatic carbocycles. The van der Waals surface area contributed by atoms with Crippen LogP contribution in [-0.2, 0) is 16.7 Å². The summed E-state index contributed by atoms with van der Waals surface area (Å²) in [5.41, 5.74) is 3.12. The number of benzene rings is 2. The topological polar surface area (TPSA) is 57.6 Å². The Morgan fingerprint density at radius 1 is 1.10 bits per heavy atom. The number of aryl methyl sites for hydroxylation is 1. The third-order valence-corrected chi connectivity index (χ3v) is 4.20. The molecule has 0 heterocycles. The third-order valence-electron chi connectivity index (χ3n) is 3.35. The van der Waals surface area contributed by atoms with Crippen molar-refractivity contribution >= 4 is 15.8 Å². The highest BCUT2D eigenvalue weighted by atomic mass is 32.2. The maximum atomic E-state index is 11.2. The van der Waals surface area contributed by atoms with E-state index in [1.54, 1.807) is 6.07 Å². The molecule has 0 saturated heterocycles. The van der Waals surface area contributed by atoms with Crippen molar-refractivity contribution in [3.63, 3.8) is 0 Å². The summed E-state index contributed by atoms with van der Waals surface area (Å²) in [4.78, 5) is 2.07. The van der Waals surface area contributed by atoms with E-state index in [1.165, 1.54) is 17.7 Å². The molecular weight excluding hydrogens is 286 g/mol. The smallest absolute Gasteiger partial charge is 0.294 e. The maximum absolute atomic E-state index is 11.2. The van der Waals surface area contributed by atoms with Crippen LogP contribution in [-0.4, -0.2) is 19.5 Å². The lowest BCUT2D eigenvalue weighted by atomic mass is 10.1. The fraction of sp³-hybridized carbons (Fsp3) is 0.250. The predicted octanol–water partition coefficient (Wildman–Crippen LogP) is 3.27. The quantitative estimate of drug-likeness (QED) is 0.861. The van der Waals surface area contributed by atoms with Crippen molar-refractivity contribution < 1.29 is 13.0 Å². The standard InChI is InChI=1S/C16H19NO3S/c1-3-17(15-9-7-13(2)8-10-15)12-14-5-4-6-16(11-14)21(18,19)20/h4-11H,3,12H2,1-2H3,(H,18,19,20). The van der Waals surface area contributed by atoms with Gasteiger partial charge in [-0.1, -0.05) is 29.8 Å². The lowest BCUT2D eigenvalue weighted by Crippen LogP contribution is -2.22. The lowest BCUT2D eigenvalue weighted by Gasteiger charge is -2.23. The Morgan fingerprint density at radius 2 is 1.76 bits per heavy atom. The van der Waals surface area contributed by atoms with Gasteiger partial charge >= 0.3 is 0 Å². The van der Waals surface area contributed by atoms with Gasteiger partial charge in [0, 0.05) is 18.8 Å².